The van der Waals surface area contributed by atoms with Crippen LogP contribution in [-0.2, 0) is 5.41 Å². The highest BCUT2D eigenvalue weighted by Gasteiger charge is 2.43. The summed E-state index contributed by atoms with van der Waals surface area (Å²) in [6, 6.07) is 39.6. The van der Waals surface area contributed by atoms with Crippen molar-refractivity contribution >= 4 is 33.1 Å². The Morgan fingerprint density at radius 1 is 0.722 bits per heavy atom. The van der Waals surface area contributed by atoms with Crippen LogP contribution in [0.1, 0.15) is 93.2 Å². The van der Waals surface area contributed by atoms with Gasteiger partial charge in [0.1, 0.15) is 0 Å². The van der Waals surface area contributed by atoms with Crippen LogP contribution in [0.3, 0.4) is 0 Å². The average molecular weight is 708 g/mol. The van der Waals surface area contributed by atoms with Crippen LogP contribution in [-0.4, -0.2) is 4.57 Å². The van der Waals surface area contributed by atoms with E-state index in [1.807, 2.05) is 39.0 Å². The molecule has 1 aromatic heterocycles. The molecule has 1 nitrogen and oxygen atoms in total. The number of hydrogen-bond donors (Lipinski definition) is 0. The van der Waals surface area contributed by atoms with E-state index in [1.54, 1.807) is 11.6 Å². The van der Waals surface area contributed by atoms with Crippen molar-refractivity contribution in [2.45, 2.75) is 86.0 Å². The molecule has 0 saturated heterocycles. The first-order valence-electron chi connectivity index (χ1n) is 19.8. The van der Waals surface area contributed by atoms with Gasteiger partial charge in [0.15, 0.2) is 0 Å². The first-order chi connectivity index (χ1) is 26.3. The number of rotatable bonds is 3. The molecule has 9 rings (SSSR count). The smallest absolute Gasteiger partial charge is 0.0544 e. The van der Waals surface area contributed by atoms with E-state index in [4.69, 9.17) is 0 Å². The molecular weight excluding hydrogens is 651 g/mol. The summed E-state index contributed by atoms with van der Waals surface area (Å²) in [7, 11) is 0. The van der Waals surface area contributed by atoms with Crippen LogP contribution >= 0.6 is 0 Å². The average Bonchev–Trinajstić information content (AvgIpc) is 3.66. The molecule has 1 unspecified atom stereocenters. The lowest BCUT2D eigenvalue weighted by atomic mass is 9.77. The van der Waals surface area contributed by atoms with E-state index >= 15 is 0 Å². The van der Waals surface area contributed by atoms with Gasteiger partial charge >= 0.3 is 0 Å². The fourth-order valence-electron chi connectivity index (χ4n) is 8.90. The standard InChI is InChI=1S/C41H37N.C7H8.C3H6.C2H6/c1-26-18-25-37-39(38(26)31-23-24-33-32-14-8-10-16-35(32)41(3,4)40(33)27(31)2)34-15-9-11-17-36(34)42(37)30-21-19-29(20-22-30)28-12-6-5-7-13-28;1-7-5-3-2-4-6-7;1-3-2;1-2/h5-13,15-19,21,23-25,32H,14,20,22H2,1-4H3;2-6H,1H3;3H,1H2,2H3;1-2H3. The zero-order valence-electron chi connectivity index (χ0n) is 33.7. The van der Waals surface area contributed by atoms with Gasteiger partial charge in [-0.15, -0.1) is 6.58 Å². The lowest BCUT2D eigenvalue weighted by molar-refractivity contribution is 0.610. The van der Waals surface area contributed by atoms with E-state index in [0.717, 1.165) is 19.3 Å². The first-order valence-corrected chi connectivity index (χ1v) is 19.8. The molecule has 3 aliphatic rings. The summed E-state index contributed by atoms with van der Waals surface area (Å²) in [4.78, 5) is 0. The lowest BCUT2D eigenvalue weighted by Crippen LogP contribution is -2.18. The van der Waals surface area contributed by atoms with Gasteiger partial charge in [-0.25, -0.2) is 0 Å². The minimum absolute atomic E-state index is 0.0381. The Labute approximate surface area is 324 Å². The molecule has 274 valence electrons. The normalized spacial score (nSPS) is 16.2. The van der Waals surface area contributed by atoms with Gasteiger partial charge in [-0.1, -0.05) is 166 Å². The molecule has 1 heteroatoms. The van der Waals surface area contributed by atoms with Gasteiger partial charge in [0.05, 0.1) is 11.0 Å². The number of fused-ring (bicyclic) bond motifs is 6. The highest BCUT2D eigenvalue weighted by molar-refractivity contribution is 6.17. The maximum absolute atomic E-state index is 3.36. The minimum Gasteiger partial charge on any atom is -0.313 e. The highest BCUT2D eigenvalue weighted by Crippen LogP contribution is 2.55. The van der Waals surface area contributed by atoms with E-state index in [1.165, 1.54) is 77.6 Å². The van der Waals surface area contributed by atoms with Crippen LogP contribution in [0.25, 0.3) is 44.2 Å². The molecule has 0 spiro atoms. The zero-order valence-corrected chi connectivity index (χ0v) is 33.7. The number of nitrogens with zero attached hydrogens (tertiary/aromatic N) is 1. The Morgan fingerprint density at radius 2 is 1.39 bits per heavy atom. The molecule has 0 bridgehead atoms. The summed E-state index contributed by atoms with van der Waals surface area (Å²) in [6.45, 7) is 20.9. The summed E-state index contributed by atoms with van der Waals surface area (Å²) in [5.74, 6) is 0.513. The van der Waals surface area contributed by atoms with Gasteiger partial charge in [-0.2, -0.15) is 0 Å². The van der Waals surface area contributed by atoms with Crippen LogP contribution in [0.15, 0.2) is 158 Å². The van der Waals surface area contributed by atoms with Gasteiger partial charge in [0.25, 0.3) is 0 Å². The van der Waals surface area contributed by atoms with E-state index < -0.39 is 0 Å². The number of para-hydroxylation sites is 1. The molecule has 0 amide bonds. The predicted molar refractivity (Wildman–Crippen MR) is 238 cm³/mol. The molecule has 0 N–H and O–H groups in total. The molecule has 6 aromatic rings. The Hall–Kier alpha value is -5.40. The van der Waals surface area contributed by atoms with Gasteiger partial charge in [0, 0.05) is 27.8 Å². The third-order valence-corrected chi connectivity index (χ3v) is 11.2. The molecule has 0 radical (unpaired) electrons. The molecule has 0 aliphatic heterocycles. The molecule has 1 atom stereocenters. The predicted octanol–water partition coefficient (Wildman–Crippen LogP) is 15.3. The van der Waals surface area contributed by atoms with Crippen LogP contribution in [0.5, 0.6) is 0 Å². The van der Waals surface area contributed by atoms with Crippen molar-refractivity contribution in [2.75, 3.05) is 0 Å². The fraction of sp³-hybridized carbons (Fsp3) is 0.245. The summed E-state index contributed by atoms with van der Waals surface area (Å²) in [6.07, 6.45) is 16.6. The third-order valence-electron chi connectivity index (χ3n) is 11.2. The summed E-state index contributed by atoms with van der Waals surface area (Å²) in [5.41, 5.74) is 18.2. The topological polar surface area (TPSA) is 4.93 Å². The van der Waals surface area contributed by atoms with Gasteiger partial charge in [-0.3, -0.25) is 0 Å². The van der Waals surface area contributed by atoms with Crippen molar-refractivity contribution in [1.29, 1.82) is 0 Å². The van der Waals surface area contributed by atoms with Crippen molar-refractivity contribution in [2.24, 2.45) is 0 Å². The van der Waals surface area contributed by atoms with Crippen LogP contribution < -0.4 is 0 Å². The Kier molecular flexibility index (Phi) is 11.9. The third kappa shape index (κ3) is 7.13. The quantitative estimate of drug-likeness (QED) is 0.161. The van der Waals surface area contributed by atoms with E-state index in [0.29, 0.717) is 5.92 Å². The molecule has 0 fully saturated rings. The molecular formula is C53H57N. The van der Waals surface area contributed by atoms with E-state index in [-0.39, 0.29) is 5.41 Å². The molecule has 5 aromatic carbocycles. The van der Waals surface area contributed by atoms with Crippen molar-refractivity contribution in [3.05, 3.63) is 191 Å². The lowest BCUT2D eigenvalue weighted by Gasteiger charge is -2.27. The zero-order chi connectivity index (χ0) is 38.4. The molecule has 54 heavy (non-hydrogen) atoms. The fourth-order valence-corrected chi connectivity index (χ4v) is 8.90. The maximum atomic E-state index is 3.36. The van der Waals surface area contributed by atoms with Crippen LogP contribution in [0, 0.1) is 20.8 Å². The Balaban J connectivity index is 0.000000362. The number of benzene rings is 5. The van der Waals surface area contributed by atoms with Crippen LogP contribution in [0.2, 0.25) is 0 Å². The molecule has 0 saturated carbocycles. The number of allylic oxidation sites excluding steroid dienone is 9. The number of aromatic nitrogens is 1. The summed E-state index contributed by atoms with van der Waals surface area (Å²) in [5, 5.41) is 2.71. The van der Waals surface area contributed by atoms with Gasteiger partial charge in [0.2, 0.25) is 0 Å². The van der Waals surface area contributed by atoms with E-state index in [9.17, 15) is 0 Å². The van der Waals surface area contributed by atoms with Crippen molar-refractivity contribution in [3.8, 4) is 11.1 Å². The molecule has 1 heterocycles. The Bertz CT molecular complexity index is 2390. The summed E-state index contributed by atoms with van der Waals surface area (Å²) >= 11 is 0. The number of hydrogen-bond acceptors (Lipinski definition) is 0. The van der Waals surface area contributed by atoms with Crippen molar-refractivity contribution < 1.29 is 0 Å². The SMILES string of the molecule is C=CC.CC.Cc1ccc2c(c1-c1ccc3c(c1C)C(C)(C)C1=CC=CCC13)c1ccccc1n2C1=CC=C(c2ccccc2)CC1.Cc1ccccc1. The number of aryl methyl sites for hydroxylation is 2. The van der Waals surface area contributed by atoms with Gasteiger partial charge < -0.3 is 4.57 Å². The highest BCUT2D eigenvalue weighted by atomic mass is 15.0. The van der Waals surface area contributed by atoms with Crippen molar-refractivity contribution in [1.82, 2.24) is 4.57 Å². The maximum Gasteiger partial charge on any atom is 0.0544 e. The van der Waals surface area contributed by atoms with Gasteiger partial charge in [-0.05, 0) is 110 Å². The first kappa shape index (κ1) is 38.3. The Morgan fingerprint density at radius 3 is 2.04 bits per heavy atom. The second kappa shape index (κ2) is 16.7. The molecule has 3 aliphatic carbocycles. The second-order valence-electron chi connectivity index (χ2n) is 14.9. The minimum atomic E-state index is 0.0381. The largest absolute Gasteiger partial charge is 0.313 e. The second-order valence-corrected chi connectivity index (χ2v) is 14.9. The van der Waals surface area contributed by atoms with Crippen molar-refractivity contribution in [3.63, 3.8) is 0 Å². The van der Waals surface area contributed by atoms with E-state index in [2.05, 4.69) is 167 Å². The summed E-state index contributed by atoms with van der Waals surface area (Å²) < 4.78 is 2.53. The monoisotopic (exact) mass is 707 g/mol. The van der Waals surface area contributed by atoms with Crippen LogP contribution in [0.4, 0.5) is 0 Å².